The van der Waals surface area contributed by atoms with E-state index in [-0.39, 0.29) is 11.8 Å². The second kappa shape index (κ2) is 8.11. The average molecular weight is 409 g/mol. The number of amides is 2. The highest BCUT2D eigenvalue weighted by Crippen LogP contribution is 2.37. The van der Waals surface area contributed by atoms with Gasteiger partial charge in [-0.2, -0.15) is 0 Å². The lowest BCUT2D eigenvalue weighted by Crippen LogP contribution is -2.27. The molecule has 3 aromatic carbocycles. The number of anilines is 2. The van der Waals surface area contributed by atoms with Crippen molar-refractivity contribution < 1.29 is 9.59 Å². The Balaban J connectivity index is 1.51. The minimum Gasteiger partial charge on any atom is -0.354 e. The van der Waals surface area contributed by atoms with Crippen molar-refractivity contribution in [2.24, 2.45) is 0 Å². The van der Waals surface area contributed by atoms with Gasteiger partial charge in [0.25, 0.3) is 11.8 Å². The van der Waals surface area contributed by atoms with E-state index in [0.717, 1.165) is 54.1 Å². The normalized spacial score (nSPS) is 16.6. The fourth-order valence-electron chi connectivity index (χ4n) is 4.19. The number of fused-ring (bicyclic) bond motifs is 1. The second-order valence-corrected chi connectivity index (χ2v) is 7.82. The van der Waals surface area contributed by atoms with E-state index in [9.17, 15) is 9.59 Å². The number of rotatable bonds is 4. The summed E-state index contributed by atoms with van der Waals surface area (Å²) in [6.45, 7) is 1.66. The van der Waals surface area contributed by atoms with Crippen molar-refractivity contribution >= 4 is 34.5 Å². The van der Waals surface area contributed by atoms with Crippen LogP contribution in [0.15, 0.2) is 78.9 Å². The molecule has 2 aliphatic heterocycles. The van der Waals surface area contributed by atoms with E-state index in [4.69, 9.17) is 0 Å². The van der Waals surface area contributed by atoms with Crippen molar-refractivity contribution in [3.8, 4) is 0 Å². The molecule has 31 heavy (non-hydrogen) atoms. The van der Waals surface area contributed by atoms with Crippen LogP contribution in [0.3, 0.4) is 0 Å². The van der Waals surface area contributed by atoms with Crippen molar-refractivity contribution in [3.05, 3.63) is 95.6 Å². The van der Waals surface area contributed by atoms with Crippen LogP contribution in [0.25, 0.3) is 11.3 Å². The Morgan fingerprint density at radius 3 is 2.23 bits per heavy atom. The topological polar surface area (TPSA) is 61.4 Å². The zero-order chi connectivity index (χ0) is 21.2. The molecule has 2 N–H and O–H groups in total. The first kappa shape index (κ1) is 19.1. The van der Waals surface area contributed by atoms with E-state index < -0.39 is 0 Å². The number of likely N-dealkylation sites (tertiary alicyclic amines) is 1. The Morgan fingerprint density at radius 1 is 0.806 bits per heavy atom. The van der Waals surface area contributed by atoms with Crippen LogP contribution < -0.4 is 10.6 Å². The monoisotopic (exact) mass is 409 g/mol. The number of carbonyl (C=O) groups is 2. The highest BCUT2D eigenvalue weighted by Gasteiger charge is 2.28. The number of benzene rings is 3. The second-order valence-electron chi connectivity index (χ2n) is 7.82. The summed E-state index contributed by atoms with van der Waals surface area (Å²) in [7, 11) is 0. The van der Waals surface area contributed by atoms with Gasteiger partial charge in [0, 0.05) is 35.6 Å². The van der Waals surface area contributed by atoms with Crippen LogP contribution in [-0.2, 0) is 4.79 Å². The quantitative estimate of drug-likeness (QED) is 0.605. The van der Waals surface area contributed by atoms with Crippen LogP contribution in [0.1, 0.15) is 34.3 Å². The molecular formula is C26H23N3O2. The Kier molecular flexibility index (Phi) is 5.00. The highest BCUT2D eigenvalue weighted by atomic mass is 16.2. The minimum absolute atomic E-state index is 0.0785. The van der Waals surface area contributed by atoms with Crippen LogP contribution in [0.5, 0.6) is 0 Å². The first-order valence-corrected chi connectivity index (χ1v) is 10.6. The number of hydrogen-bond donors (Lipinski definition) is 2. The lowest BCUT2D eigenvalue weighted by atomic mass is 10.00. The smallest absolute Gasteiger partial charge is 0.258 e. The fourth-order valence-corrected chi connectivity index (χ4v) is 4.19. The summed E-state index contributed by atoms with van der Waals surface area (Å²) in [5.74, 6) is -0.0526. The molecule has 5 nitrogen and oxygen atoms in total. The summed E-state index contributed by atoms with van der Waals surface area (Å²) in [5, 5.41) is 6.39. The molecule has 1 saturated heterocycles. The van der Waals surface area contributed by atoms with Crippen molar-refractivity contribution in [2.75, 3.05) is 23.7 Å². The molecule has 0 aromatic heterocycles. The van der Waals surface area contributed by atoms with Gasteiger partial charge in [0.2, 0.25) is 0 Å². The lowest BCUT2D eigenvalue weighted by Gasteiger charge is -2.17. The van der Waals surface area contributed by atoms with Crippen molar-refractivity contribution in [2.45, 2.75) is 12.8 Å². The summed E-state index contributed by atoms with van der Waals surface area (Å²) in [4.78, 5) is 27.4. The Hall–Kier alpha value is -3.86. The number of nitrogens with zero attached hydrogens (tertiary/aromatic N) is 1. The summed E-state index contributed by atoms with van der Waals surface area (Å²) < 4.78 is 0. The molecule has 0 radical (unpaired) electrons. The van der Waals surface area contributed by atoms with E-state index in [1.54, 1.807) is 0 Å². The summed E-state index contributed by atoms with van der Waals surface area (Å²) >= 11 is 0. The predicted molar refractivity (Wildman–Crippen MR) is 124 cm³/mol. The third-order valence-electron chi connectivity index (χ3n) is 5.78. The van der Waals surface area contributed by atoms with Crippen LogP contribution in [-0.4, -0.2) is 29.8 Å². The highest BCUT2D eigenvalue weighted by molar-refractivity contribution is 6.37. The van der Waals surface area contributed by atoms with Crippen molar-refractivity contribution in [1.82, 2.24) is 4.90 Å². The maximum absolute atomic E-state index is 12.9. The van der Waals surface area contributed by atoms with E-state index in [2.05, 4.69) is 10.6 Å². The Bertz CT molecular complexity index is 1160. The molecule has 154 valence electrons. The van der Waals surface area contributed by atoms with Gasteiger partial charge in [-0.15, -0.1) is 0 Å². The van der Waals surface area contributed by atoms with Gasteiger partial charge in [0.15, 0.2) is 0 Å². The molecule has 5 rings (SSSR count). The zero-order valence-corrected chi connectivity index (χ0v) is 17.1. The fraction of sp³-hybridized carbons (Fsp3) is 0.154. The number of hydrogen-bond acceptors (Lipinski definition) is 3. The third kappa shape index (κ3) is 3.70. The van der Waals surface area contributed by atoms with E-state index in [1.807, 2.05) is 83.8 Å². The van der Waals surface area contributed by atoms with E-state index in [1.165, 1.54) is 0 Å². The third-order valence-corrected chi connectivity index (χ3v) is 5.78. The maximum Gasteiger partial charge on any atom is 0.258 e. The van der Waals surface area contributed by atoms with Crippen molar-refractivity contribution in [1.29, 1.82) is 0 Å². The van der Waals surface area contributed by atoms with Crippen molar-refractivity contribution in [3.63, 3.8) is 0 Å². The largest absolute Gasteiger partial charge is 0.354 e. The number of carbonyl (C=O) groups excluding carboxylic acids is 2. The molecular weight excluding hydrogens is 386 g/mol. The first-order valence-electron chi connectivity index (χ1n) is 10.6. The van der Waals surface area contributed by atoms with Gasteiger partial charge < -0.3 is 15.5 Å². The molecule has 0 saturated carbocycles. The molecule has 0 spiro atoms. The molecule has 0 atom stereocenters. The molecule has 0 unspecified atom stereocenters. The van der Waals surface area contributed by atoms with Crippen LogP contribution in [0.4, 0.5) is 11.4 Å². The van der Waals surface area contributed by atoms with E-state index in [0.29, 0.717) is 11.1 Å². The molecule has 2 aliphatic rings. The molecule has 2 amide bonds. The van der Waals surface area contributed by atoms with Gasteiger partial charge in [0.1, 0.15) is 0 Å². The molecule has 3 aromatic rings. The number of nitrogens with one attached hydrogen (secondary N) is 2. The molecule has 2 heterocycles. The first-order chi connectivity index (χ1) is 15.2. The molecule has 0 bridgehead atoms. The average Bonchev–Trinajstić information content (AvgIpc) is 3.46. The van der Waals surface area contributed by atoms with E-state index >= 15 is 0 Å². The van der Waals surface area contributed by atoms with Gasteiger partial charge >= 0.3 is 0 Å². The molecule has 5 heteroatoms. The SMILES string of the molecule is O=C1Nc2ccccc2C1=C(Nc1ccc(C(=O)N2CCCC2)cc1)c1ccccc1. The maximum atomic E-state index is 12.9. The molecule has 1 fully saturated rings. The molecule has 0 aliphatic carbocycles. The van der Waals surface area contributed by atoms with Gasteiger partial charge in [-0.05, 0) is 48.7 Å². The Morgan fingerprint density at radius 2 is 1.48 bits per heavy atom. The Labute approximate surface area is 181 Å². The summed E-state index contributed by atoms with van der Waals surface area (Å²) in [5.41, 5.74) is 5.46. The van der Waals surface area contributed by atoms with Crippen LogP contribution in [0.2, 0.25) is 0 Å². The van der Waals surface area contributed by atoms with Gasteiger partial charge in [-0.3, -0.25) is 9.59 Å². The van der Waals surface area contributed by atoms with Crippen LogP contribution >= 0.6 is 0 Å². The van der Waals surface area contributed by atoms with Crippen LogP contribution in [0, 0.1) is 0 Å². The minimum atomic E-state index is -0.131. The van der Waals surface area contributed by atoms with Gasteiger partial charge in [0.05, 0.1) is 11.3 Å². The predicted octanol–water partition coefficient (Wildman–Crippen LogP) is 4.86. The lowest BCUT2D eigenvalue weighted by molar-refractivity contribution is -0.110. The standard InChI is InChI=1S/C26H23N3O2/c30-25-23(21-10-4-5-11-22(21)28-25)24(18-8-2-1-3-9-18)27-20-14-12-19(13-15-20)26(31)29-16-6-7-17-29/h1-5,8-15,27H,6-7,16-17H2,(H,28,30). The van der Waals surface area contributed by atoms with Gasteiger partial charge in [-0.1, -0.05) is 48.5 Å². The van der Waals surface area contributed by atoms with Gasteiger partial charge in [-0.25, -0.2) is 0 Å². The zero-order valence-electron chi connectivity index (χ0n) is 17.1. The summed E-state index contributed by atoms with van der Waals surface area (Å²) in [6, 6.07) is 25.0. The summed E-state index contributed by atoms with van der Waals surface area (Å²) in [6.07, 6.45) is 2.14. The number of para-hydroxylation sites is 1.